The molecule has 1 unspecified atom stereocenters. The smallest absolute Gasteiger partial charge is 0.418 e. The number of aliphatic hydroxyl groups excluding tert-OH is 1. The quantitative estimate of drug-likeness (QED) is 0.869. The van der Waals surface area contributed by atoms with Crippen molar-refractivity contribution >= 4 is 23.5 Å². The normalized spacial score (nSPS) is 13.7. The number of ether oxygens (including phenoxy) is 1. The van der Waals surface area contributed by atoms with E-state index in [2.05, 4.69) is 4.98 Å². The summed E-state index contributed by atoms with van der Waals surface area (Å²) in [6.45, 7) is 4.76. The minimum absolute atomic E-state index is 0.374. The number of hydrogen-bond acceptors (Lipinski definition) is 4. The standard InChI is InChI=1S/C12H14ClF3N2O3/c1-11(2,3)21-10(20)18-9-7(6(13)4-5-17-9)8(19)12(14,15)16/h4-5,8,19H,1-3H3,(H,17,18,20). The van der Waals surface area contributed by atoms with Crippen molar-refractivity contribution < 1.29 is 27.8 Å². The van der Waals surface area contributed by atoms with Crippen LogP contribution in [0.1, 0.15) is 32.4 Å². The van der Waals surface area contributed by atoms with Gasteiger partial charge >= 0.3 is 12.3 Å². The van der Waals surface area contributed by atoms with Gasteiger partial charge < -0.3 is 9.84 Å². The monoisotopic (exact) mass is 326 g/mol. The predicted molar refractivity (Wildman–Crippen MR) is 70.1 cm³/mol. The molecule has 1 aromatic heterocycles. The lowest BCUT2D eigenvalue weighted by molar-refractivity contribution is -0.206. The lowest BCUT2D eigenvalue weighted by atomic mass is 10.1. The molecule has 1 aromatic rings. The van der Waals surface area contributed by atoms with Crippen molar-refractivity contribution in [2.45, 2.75) is 38.7 Å². The van der Waals surface area contributed by atoms with Gasteiger partial charge in [-0.3, -0.25) is 5.32 Å². The SMILES string of the molecule is CC(C)(C)OC(=O)Nc1nccc(Cl)c1C(O)C(F)(F)F. The number of nitrogens with zero attached hydrogens (tertiary/aromatic N) is 1. The molecule has 1 amide bonds. The lowest BCUT2D eigenvalue weighted by Crippen LogP contribution is -2.29. The van der Waals surface area contributed by atoms with Gasteiger partial charge in [0.05, 0.1) is 10.6 Å². The Balaban J connectivity index is 3.09. The van der Waals surface area contributed by atoms with Crippen molar-refractivity contribution in [2.24, 2.45) is 0 Å². The molecule has 0 radical (unpaired) electrons. The fourth-order valence-electron chi connectivity index (χ4n) is 1.37. The molecule has 0 aliphatic carbocycles. The van der Waals surface area contributed by atoms with Crippen LogP contribution in [0.25, 0.3) is 0 Å². The Bertz CT molecular complexity index is 529. The van der Waals surface area contributed by atoms with Gasteiger partial charge in [-0.05, 0) is 26.8 Å². The van der Waals surface area contributed by atoms with Crippen LogP contribution in [0.4, 0.5) is 23.8 Å². The zero-order chi connectivity index (χ0) is 16.4. The molecule has 0 aromatic carbocycles. The molecule has 118 valence electrons. The van der Waals surface area contributed by atoms with Crippen molar-refractivity contribution in [1.29, 1.82) is 0 Å². The van der Waals surface area contributed by atoms with E-state index in [-0.39, 0.29) is 5.02 Å². The molecule has 1 atom stereocenters. The van der Waals surface area contributed by atoms with Crippen LogP contribution in [0.5, 0.6) is 0 Å². The number of halogens is 4. The van der Waals surface area contributed by atoms with Gasteiger partial charge in [-0.15, -0.1) is 0 Å². The molecule has 0 aliphatic rings. The molecule has 0 fully saturated rings. The Hall–Kier alpha value is -1.54. The minimum Gasteiger partial charge on any atom is -0.444 e. The van der Waals surface area contributed by atoms with E-state index in [0.29, 0.717) is 0 Å². The van der Waals surface area contributed by atoms with E-state index in [1.54, 1.807) is 20.8 Å². The number of rotatable bonds is 2. The van der Waals surface area contributed by atoms with Crippen LogP contribution in [-0.2, 0) is 4.74 Å². The zero-order valence-electron chi connectivity index (χ0n) is 11.5. The highest BCUT2D eigenvalue weighted by atomic mass is 35.5. The van der Waals surface area contributed by atoms with Crippen LogP contribution in [0.2, 0.25) is 5.02 Å². The van der Waals surface area contributed by atoms with Crippen LogP contribution in [0, 0.1) is 0 Å². The van der Waals surface area contributed by atoms with Gasteiger partial charge in [0.15, 0.2) is 6.10 Å². The average molecular weight is 327 g/mol. The van der Waals surface area contributed by atoms with Crippen molar-refractivity contribution in [1.82, 2.24) is 4.98 Å². The van der Waals surface area contributed by atoms with Crippen LogP contribution < -0.4 is 5.32 Å². The summed E-state index contributed by atoms with van der Waals surface area (Å²) in [4.78, 5) is 15.2. The number of aromatic nitrogens is 1. The predicted octanol–water partition coefficient (Wildman–Crippen LogP) is 3.68. The summed E-state index contributed by atoms with van der Waals surface area (Å²) in [5.74, 6) is -0.512. The fourth-order valence-corrected chi connectivity index (χ4v) is 1.62. The van der Waals surface area contributed by atoms with Gasteiger partial charge in [0, 0.05) is 6.20 Å². The molecular weight excluding hydrogens is 313 g/mol. The van der Waals surface area contributed by atoms with E-state index in [9.17, 15) is 23.1 Å². The Kier molecular flexibility index (Phi) is 5.06. The highest BCUT2D eigenvalue weighted by Gasteiger charge is 2.42. The Labute approximate surface area is 124 Å². The summed E-state index contributed by atoms with van der Waals surface area (Å²) in [6.07, 6.45) is -7.73. The number of anilines is 1. The molecule has 0 saturated heterocycles. The third kappa shape index (κ3) is 5.05. The molecule has 21 heavy (non-hydrogen) atoms. The number of hydrogen-bond donors (Lipinski definition) is 2. The second-order valence-electron chi connectivity index (χ2n) is 5.13. The summed E-state index contributed by atoms with van der Waals surface area (Å²) in [7, 11) is 0. The first-order chi connectivity index (χ1) is 9.42. The zero-order valence-corrected chi connectivity index (χ0v) is 12.2. The number of pyridine rings is 1. The largest absolute Gasteiger partial charge is 0.444 e. The average Bonchev–Trinajstić information content (AvgIpc) is 2.24. The van der Waals surface area contributed by atoms with Crippen molar-refractivity contribution in [3.05, 3.63) is 22.8 Å². The first-order valence-electron chi connectivity index (χ1n) is 5.81. The van der Waals surface area contributed by atoms with E-state index in [1.165, 1.54) is 0 Å². The van der Waals surface area contributed by atoms with Gasteiger partial charge in [0.25, 0.3) is 0 Å². The van der Waals surface area contributed by atoms with Gasteiger partial charge in [-0.25, -0.2) is 9.78 Å². The van der Waals surface area contributed by atoms with E-state index in [1.807, 2.05) is 5.32 Å². The Morgan fingerprint density at radius 2 is 2.00 bits per heavy atom. The highest BCUT2D eigenvalue weighted by molar-refractivity contribution is 6.31. The minimum atomic E-state index is -4.95. The second kappa shape index (κ2) is 6.07. The maximum atomic E-state index is 12.6. The fraction of sp³-hybridized carbons (Fsp3) is 0.500. The number of amides is 1. The molecule has 9 heteroatoms. The summed E-state index contributed by atoms with van der Waals surface area (Å²) >= 11 is 5.65. The van der Waals surface area contributed by atoms with Crippen LogP contribution in [0.15, 0.2) is 12.3 Å². The second-order valence-corrected chi connectivity index (χ2v) is 5.53. The van der Waals surface area contributed by atoms with Crippen molar-refractivity contribution in [3.63, 3.8) is 0 Å². The maximum Gasteiger partial charge on any atom is 0.418 e. The molecule has 1 heterocycles. The van der Waals surface area contributed by atoms with Crippen molar-refractivity contribution in [2.75, 3.05) is 5.32 Å². The molecule has 0 saturated carbocycles. The van der Waals surface area contributed by atoms with Gasteiger partial charge in [-0.2, -0.15) is 13.2 Å². The Morgan fingerprint density at radius 1 is 1.43 bits per heavy atom. The maximum absolute atomic E-state index is 12.6. The third-order valence-electron chi connectivity index (χ3n) is 2.14. The summed E-state index contributed by atoms with van der Waals surface area (Å²) in [5.41, 5.74) is -1.58. The van der Waals surface area contributed by atoms with E-state index in [0.717, 1.165) is 12.3 Å². The number of carbonyl (C=O) groups is 1. The Morgan fingerprint density at radius 3 is 2.48 bits per heavy atom. The van der Waals surface area contributed by atoms with Gasteiger partial charge in [0.1, 0.15) is 11.4 Å². The van der Waals surface area contributed by atoms with E-state index in [4.69, 9.17) is 16.3 Å². The molecule has 5 nitrogen and oxygen atoms in total. The molecule has 0 bridgehead atoms. The third-order valence-corrected chi connectivity index (χ3v) is 2.47. The van der Waals surface area contributed by atoms with E-state index >= 15 is 0 Å². The number of aliphatic hydroxyl groups is 1. The summed E-state index contributed by atoms with van der Waals surface area (Å²) in [6, 6.07) is 1.08. The van der Waals surface area contributed by atoms with Gasteiger partial charge in [-0.1, -0.05) is 11.6 Å². The van der Waals surface area contributed by atoms with E-state index < -0.39 is 35.4 Å². The van der Waals surface area contributed by atoms with Crippen molar-refractivity contribution in [3.8, 4) is 0 Å². The van der Waals surface area contributed by atoms with Crippen LogP contribution in [0.3, 0.4) is 0 Å². The first kappa shape index (κ1) is 17.5. The highest BCUT2D eigenvalue weighted by Crippen LogP contribution is 2.39. The van der Waals surface area contributed by atoms with Crippen LogP contribution in [-0.4, -0.2) is 28.0 Å². The molecular formula is C12H14ClF3N2O3. The molecule has 1 rings (SSSR count). The lowest BCUT2D eigenvalue weighted by Gasteiger charge is -2.22. The number of nitrogens with one attached hydrogen (secondary N) is 1. The summed E-state index contributed by atoms with van der Waals surface area (Å²) in [5, 5.41) is 11.0. The summed E-state index contributed by atoms with van der Waals surface area (Å²) < 4.78 is 42.8. The molecule has 0 aliphatic heterocycles. The molecule has 2 N–H and O–H groups in total. The first-order valence-corrected chi connectivity index (χ1v) is 6.19. The topological polar surface area (TPSA) is 71.5 Å². The number of carbonyl (C=O) groups excluding carboxylic acids is 1. The van der Waals surface area contributed by atoms with Gasteiger partial charge in [0.2, 0.25) is 0 Å². The molecule has 0 spiro atoms. The number of alkyl halides is 3. The van der Waals surface area contributed by atoms with Crippen LogP contribution >= 0.6 is 11.6 Å².